The van der Waals surface area contributed by atoms with Crippen molar-refractivity contribution in [3.8, 4) is 5.75 Å². The van der Waals surface area contributed by atoms with Crippen LogP contribution < -0.4 is 4.74 Å². The zero-order valence-corrected chi connectivity index (χ0v) is 25.6. The Bertz CT molecular complexity index is 1350. The molecule has 1 amide bonds. The number of amidine groups is 1. The number of thioether (sulfide) groups is 1. The Kier molecular flexibility index (Phi) is 9.12. The number of likely N-dealkylation sites (N-methyl/N-ethyl adjacent to an activating group) is 1. The van der Waals surface area contributed by atoms with Crippen molar-refractivity contribution in [3.05, 3.63) is 93.9 Å². The molecule has 10 heteroatoms. The highest BCUT2D eigenvalue weighted by Crippen LogP contribution is 2.36. The molecule has 0 aromatic heterocycles. The zero-order valence-electron chi connectivity index (χ0n) is 18.9. The van der Waals surface area contributed by atoms with Crippen LogP contribution >= 0.6 is 72.9 Å². The zero-order chi connectivity index (χ0) is 25.8. The summed E-state index contributed by atoms with van der Waals surface area (Å²) in [5, 5.41) is 9.65. The molecule has 3 aromatic carbocycles. The molecule has 0 radical (unpaired) electrons. The molecule has 4 rings (SSSR count). The monoisotopic (exact) mass is 788 g/mol. The first-order chi connectivity index (χ1) is 17.2. The molecule has 0 saturated carbocycles. The van der Waals surface area contributed by atoms with Crippen molar-refractivity contribution >= 4 is 102 Å². The van der Waals surface area contributed by atoms with Crippen LogP contribution in [0.4, 0.5) is 5.69 Å². The van der Waals surface area contributed by atoms with E-state index in [4.69, 9.17) is 9.84 Å². The predicted molar refractivity (Wildman–Crippen MR) is 164 cm³/mol. The van der Waals surface area contributed by atoms with Gasteiger partial charge in [-0.15, -0.1) is 0 Å². The van der Waals surface area contributed by atoms with E-state index in [0.29, 0.717) is 28.9 Å². The number of carboxylic acids is 1. The van der Waals surface area contributed by atoms with Gasteiger partial charge in [-0.25, -0.2) is 9.79 Å². The molecule has 3 aromatic rings. The average molecular weight is 789 g/mol. The van der Waals surface area contributed by atoms with Gasteiger partial charge in [0, 0.05) is 11.0 Å². The summed E-state index contributed by atoms with van der Waals surface area (Å²) < 4.78 is 9.03. The number of amides is 1. The van der Waals surface area contributed by atoms with Crippen LogP contribution in [-0.4, -0.2) is 33.6 Å². The summed E-state index contributed by atoms with van der Waals surface area (Å²) in [6.45, 7) is 2.84. The number of rotatable bonds is 7. The number of halogens is 3. The number of hydrogen-bond acceptors (Lipinski definition) is 5. The minimum absolute atomic E-state index is 0.107. The molecule has 0 unspecified atom stereocenters. The molecule has 1 aliphatic rings. The molecule has 0 bridgehead atoms. The maximum atomic E-state index is 13.1. The number of ether oxygens (including phenoxy) is 1. The number of carboxylic acid groups (broad SMARTS) is 1. The highest BCUT2D eigenvalue weighted by molar-refractivity contribution is 14.1. The maximum Gasteiger partial charge on any atom is 0.335 e. The summed E-state index contributed by atoms with van der Waals surface area (Å²) in [4.78, 5) is 30.9. The van der Waals surface area contributed by atoms with Crippen molar-refractivity contribution in [2.24, 2.45) is 4.99 Å². The number of carbonyl (C=O) groups is 2. The molecule has 0 spiro atoms. The summed E-state index contributed by atoms with van der Waals surface area (Å²) >= 11 is 9.26. The first kappa shape index (κ1) is 27.1. The highest BCUT2D eigenvalue weighted by atomic mass is 127. The number of aliphatic imine (C=N–C) groups is 1. The molecule has 1 heterocycles. The van der Waals surface area contributed by atoms with Crippen molar-refractivity contribution in [1.29, 1.82) is 0 Å². The summed E-state index contributed by atoms with van der Waals surface area (Å²) in [6, 6.07) is 18.3. The molecule has 0 atom stereocenters. The van der Waals surface area contributed by atoms with Crippen LogP contribution in [0.25, 0.3) is 6.08 Å². The summed E-state index contributed by atoms with van der Waals surface area (Å²) in [5.41, 5.74) is 2.76. The average Bonchev–Trinajstić information content (AvgIpc) is 3.13. The topological polar surface area (TPSA) is 79.2 Å². The Hall–Kier alpha value is -1.90. The van der Waals surface area contributed by atoms with Gasteiger partial charge in [0.15, 0.2) is 5.17 Å². The van der Waals surface area contributed by atoms with E-state index in [1.807, 2.05) is 49.4 Å². The molecule has 1 N–H and O–H groups in total. The number of nitrogens with zero attached hydrogens (tertiary/aromatic N) is 2. The highest BCUT2D eigenvalue weighted by Gasteiger charge is 2.32. The van der Waals surface area contributed by atoms with Gasteiger partial charge in [0.25, 0.3) is 5.91 Å². The largest absolute Gasteiger partial charge is 0.487 e. The molecule has 1 aliphatic heterocycles. The first-order valence-corrected chi connectivity index (χ1v) is 14.5. The molecular weight excluding hydrogens is 770 g/mol. The van der Waals surface area contributed by atoms with Crippen LogP contribution in [-0.2, 0) is 11.4 Å². The lowest BCUT2D eigenvalue weighted by molar-refractivity contribution is -0.122. The Morgan fingerprint density at radius 3 is 2.33 bits per heavy atom. The van der Waals surface area contributed by atoms with Gasteiger partial charge in [0.2, 0.25) is 0 Å². The van der Waals surface area contributed by atoms with Gasteiger partial charge in [-0.2, -0.15) is 0 Å². The quantitative estimate of drug-likeness (QED) is 0.198. The SMILES string of the molecule is CCN1C(=O)C(=Cc2cc(I)c(OCc3ccc(Br)cc3)c(I)c2)SC1=Nc1ccc(C(=O)O)cc1. The number of carbonyl (C=O) groups excluding carboxylic acids is 1. The van der Waals surface area contributed by atoms with E-state index in [2.05, 4.69) is 66.1 Å². The molecule has 0 aliphatic carbocycles. The van der Waals surface area contributed by atoms with E-state index in [9.17, 15) is 9.59 Å². The van der Waals surface area contributed by atoms with Crippen LogP contribution in [0.2, 0.25) is 0 Å². The predicted octanol–water partition coefficient (Wildman–Crippen LogP) is 7.56. The summed E-state index contributed by atoms with van der Waals surface area (Å²) in [7, 11) is 0. The molecule has 184 valence electrons. The lowest BCUT2D eigenvalue weighted by Gasteiger charge is -2.12. The number of aromatic carboxylic acids is 1. The maximum absolute atomic E-state index is 13.1. The van der Waals surface area contributed by atoms with Gasteiger partial charge in [-0.05, 0) is 130 Å². The second-order valence-corrected chi connectivity index (χ2v) is 11.9. The minimum atomic E-state index is -0.992. The second-order valence-electron chi connectivity index (χ2n) is 7.64. The fourth-order valence-corrected chi connectivity index (χ4v) is 6.80. The van der Waals surface area contributed by atoms with Gasteiger partial charge in [0.1, 0.15) is 12.4 Å². The molecule has 1 fully saturated rings. The number of hydrogen-bond donors (Lipinski definition) is 1. The third-order valence-electron chi connectivity index (χ3n) is 5.16. The van der Waals surface area contributed by atoms with Crippen LogP contribution in [0.5, 0.6) is 5.75 Å². The smallest absolute Gasteiger partial charge is 0.335 e. The third kappa shape index (κ3) is 6.50. The van der Waals surface area contributed by atoms with Crippen molar-refractivity contribution in [2.75, 3.05) is 6.54 Å². The Morgan fingerprint density at radius 2 is 1.75 bits per heavy atom. The normalized spacial score (nSPS) is 15.7. The first-order valence-electron chi connectivity index (χ1n) is 10.7. The lowest BCUT2D eigenvalue weighted by Crippen LogP contribution is -2.28. The van der Waals surface area contributed by atoms with Crippen LogP contribution in [0.15, 0.2) is 75.0 Å². The fraction of sp³-hybridized carbons (Fsp3) is 0.115. The second kappa shape index (κ2) is 12.1. The lowest BCUT2D eigenvalue weighted by atomic mass is 10.2. The Morgan fingerprint density at radius 1 is 1.11 bits per heavy atom. The summed E-state index contributed by atoms with van der Waals surface area (Å²) in [5.74, 6) is -0.285. The van der Waals surface area contributed by atoms with Crippen molar-refractivity contribution in [3.63, 3.8) is 0 Å². The van der Waals surface area contributed by atoms with Crippen molar-refractivity contribution in [2.45, 2.75) is 13.5 Å². The van der Waals surface area contributed by atoms with E-state index < -0.39 is 5.97 Å². The van der Waals surface area contributed by atoms with Gasteiger partial charge < -0.3 is 9.84 Å². The van der Waals surface area contributed by atoms with Gasteiger partial charge in [0.05, 0.1) is 23.3 Å². The molecular formula is C26H19BrI2N2O4S. The van der Waals surface area contributed by atoms with Crippen LogP contribution in [0.1, 0.15) is 28.4 Å². The Balaban J connectivity index is 1.54. The van der Waals surface area contributed by atoms with Gasteiger partial charge >= 0.3 is 5.97 Å². The standard InChI is InChI=1S/C26H19BrI2N2O4S/c1-2-31-24(32)22(36-26(31)30-19-9-5-17(6-10-19)25(33)34)13-16-11-20(28)23(21(29)12-16)35-14-15-3-7-18(27)8-4-15/h3-13H,2,14H2,1H3,(H,33,34). The van der Waals surface area contributed by atoms with Crippen LogP contribution in [0, 0.1) is 7.14 Å². The molecule has 36 heavy (non-hydrogen) atoms. The van der Waals surface area contributed by atoms with E-state index in [1.165, 1.54) is 23.9 Å². The van der Waals surface area contributed by atoms with E-state index in [1.54, 1.807) is 17.0 Å². The molecule has 1 saturated heterocycles. The minimum Gasteiger partial charge on any atom is -0.487 e. The Labute approximate surface area is 248 Å². The van der Waals surface area contributed by atoms with Gasteiger partial charge in [-0.3, -0.25) is 9.69 Å². The number of benzene rings is 3. The van der Waals surface area contributed by atoms with E-state index >= 15 is 0 Å². The third-order valence-corrected chi connectivity index (χ3v) is 8.30. The fourth-order valence-electron chi connectivity index (χ4n) is 3.35. The molecule has 6 nitrogen and oxygen atoms in total. The van der Waals surface area contributed by atoms with E-state index in [0.717, 1.165) is 28.5 Å². The summed E-state index contributed by atoms with van der Waals surface area (Å²) in [6.07, 6.45) is 1.87. The van der Waals surface area contributed by atoms with E-state index in [-0.39, 0.29) is 11.5 Å². The van der Waals surface area contributed by atoms with Crippen LogP contribution in [0.3, 0.4) is 0 Å². The van der Waals surface area contributed by atoms with Crippen molar-refractivity contribution in [1.82, 2.24) is 4.90 Å². The van der Waals surface area contributed by atoms with Gasteiger partial charge in [-0.1, -0.05) is 28.1 Å². The van der Waals surface area contributed by atoms with Crippen molar-refractivity contribution < 1.29 is 19.4 Å².